The van der Waals surface area contributed by atoms with Crippen LogP contribution in [0.25, 0.3) is 0 Å². The Morgan fingerprint density at radius 1 is 1.12 bits per heavy atom. The lowest BCUT2D eigenvalue weighted by atomic mass is 10.1. The molecule has 0 aliphatic heterocycles. The molecule has 1 amide bonds. The van der Waals surface area contributed by atoms with Crippen molar-refractivity contribution in [2.45, 2.75) is 11.8 Å². The number of halogens is 2. The number of amides is 1. The molecule has 0 radical (unpaired) electrons. The average molecular weight is 476 g/mol. The fourth-order valence-corrected chi connectivity index (χ4v) is 3.74. The van der Waals surface area contributed by atoms with E-state index in [0.29, 0.717) is 15.8 Å². The molecule has 0 spiro atoms. The molecular weight excluding hydrogens is 458 g/mol. The van der Waals surface area contributed by atoms with Crippen LogP contribution < -0.4 is 4.90 Å². The van der Waals surface area contributed by atoms with Crippen LogP contribution in [0.3, 0.4) is 0 Å². The summed E-state index contributed by atoms with van der Waals surface area (Å²) in [6.45, 7) is 2.17. The zero-order chi connectivity index (χ0) is 18.8. The van der Waals surface area contributed by atoms with Gasteiger partial charge in [-0.2, -0.15) is 0 Å². The van der Waals surface area contributed by atoms with Gasteiger partial charge in [-0.15, -0.1) is 0 Å². The summed E-state index contributed by atoms with van der Waals surface area (Å²) in [5.41, 5.74) is 0.834. The lowest BCUT2D eigenvalue weighted by molar-refractivity contribution is 0.0987. The van der Waals surface area contributed by atoms with Gasteiger partial charge in [-0.25, -0.2) is 17.1 Å². The van der Waals surface area contributed by atoms with Crippen molar-refractivity contribution < 1.29 is 17.6 Å². The first-order valence-corrected chi connectivity index (χ1v) is 10.00. The Bertz CT molecular complexity index is 883. The highest BCUT2D eigenvalue weighted by atomic mass is 127. The van der Waals surface area contributed by atoms with Gasteiger partial charge in [0.1, 0.15) is 5.82 Å². The standard InChI is InChI=1S/C17H18FIN2O3S/c1-4-21(13-7-5-12(18)6-8-13)17(22)15-11-14(9-10-16(15)19)25(23,24)20(2)3/h5-11H,4H2,1-3H3. The van der Waals surface area contributed by atoms with Crippen LogP contribution in [0.4, 0.5) is 10.1 Å². The van der Waals surface area contributed by atoms with E-state index in [9.17, 15) is 17.6 Å². The van der Waals surface area contributed by atoms with Crippen LogP contribution in [0.1, 0.15) is 17.3 Å². The summed E-state index contributed by atoms with van der Waals surface area (Å²) in [7, 11) is -0.770. The molecule has 0 unspecified atom stereocenters. The molecule has 5 nitrogen and oxygen atoms in total. The van der Waals surface area contributed by atoms with Crippen molar-refractivity contribution in [2.24, 2.45) is 0 Å². The Kier molecular flexibility index (Phi) is 6.17. The fraction of sp³-hybridized carbons (Fsp3) is 0.235. The summed E-state index contributed by atoms with van der Waals surface area (Å²) in [6, 6.07) is 10.1. The van der Waals surface area contributed by atoms with Crippen LogP contribution in [0.5, 0.6) is 0 Å². The molecule has 2 aromatic carbocycles. The van der Waals surface area contributed by atoms with Crippen molar-refractivity contribution in [3.8, 4) is 0 Å². The smallest absolute Gasteiger partial charge is 0.259 e. The molecular formula is C17H18FIN2O3S. The van der Waals surface area contributed by atoms with E-state index in [1.54, 1.807) is 13.0 Å². The molecule has 2 aromatic rings. The zero-order valence-electron chi connectivity index (χ0n) is 14.0. The summed E-state index contributed by atoms with van der Waals surface area (Å²) >= 11 is 2.00. The molecule has 0 N–H and O–H groups in total. The Morgan fingerprint density at radius 2 is 1.72 bits per heavy atom. The predicted octanol–water partition coefficient (Wildman–Crippen LogP) is 3.35. The molecule has 0 heterocycles. The maximum Gasteiger partial charge on any atom is 0.259 e. The number of hydrogen-bond donors (Lipinski definition) is 0. The average Bonchev–Trinajstić information content (AvgIpc) is 2.57. The van der Waals surface area contributed by atoms with Gasteiger partial charge in [-0.1, -0.05) is 0 Å². The maximum atomic E-state index is 13.1. The molecule has 0 saturated heterocycles. The summed E-state index contributed by atoms with van der Waals surface area (Å²) in [4.78, 5) is 14.5. The third kappa shape index (κ3) is 4.18. The molecule has 0 saturated carbocycles. The second-order valence-corrected chi connectivity index (χ2v) is 8.77. The van der Waals surface area contributed by atoms with E-state index in [2.05, 4.69) is 0 Å². The van der Waals surface area contributed by atoms with Gasteiger partial charge in [-0.05, 0) is 72.0 Å². The van der Waals surface area contributed by atoms with E-state index >= 15 is 0 Å². The Morgan fingerprint density at radius 3 is 2.24 bits per heavy atom. The molecule has 25 heavy (non-hydrogen) atoms. The summed E-state index contributed by atoms with van der Waals surface area (Å²) in [6.07, 6.45) is 0. The van der Waals surface area contributed by atoms with Gasteiger partial charge in [0.25, 0.3) is 5.91 Å². The van der Waals surface area contributed by atoms with Gasteiger partial charge in [0.15, 0.2) is 0 Å². The van der Waals surface area contributed by atoms with Gasteiger partial charge in [0.2, 0.25) is 10.0 Å². The highest BCUT2D eigenvalue weighted by molar-refractivity contribution is 14.1. The second-order valence-electron chi connectivity index (χ2n) is 5.45. The van der Waals surface area contributed by atoms with Crippen molar-refractivity contribution in [3.05, 3.63) is 57.4 Å². The third-order valence-corrected chi connectivity index (χ3v) is 6.40. The monoisotopic (exact) mass is 476 g/mol. The molecule has 0 aliphatic rings. The molecule has 0 bridgehead atoms. The van der Waals surface area contributed by atoms with Crippen LogP contribution in [-0.2, 0) is 10.0 Å². The van der Waals surface area contributed by atoms with E-state index in [4.69, 9.17) is 0 Å². The Balaban J connectivity index is 2.49. The van der Waals surface area contributed by atoms with Crippen molar-refractivity contribution in [3.63, 3.8) is 0 Å². The van der Waals surface area contributed by atoms with E-state index in [1.807, 2.05) is 22.6 Å². The maximum absolute atomic E-state index is 13.1. The minimum absolute atomic E-state index is 0.0522. The number of nitrogens with zero attached hydrogens (tertiary/aromatic N) is 2. The van der Waals surface area contributed by atoms with Gasteiger partial charge >= 0.3 is 0 Å². The molecule has 0 aromatic heterocycles. The summed E-state index contributed by atoms with van der Waals surface area (Å²) < 4.78 is 39.5. The molecule has 134 valence electrons. The minimum atomic E-state index is -3.64. The van der Waals surface area contributed by atoms with E-state index < -0.39 is 10.0 Å². The second kappa shape index (κ2) is 7.79. The number of hydrogen-bond acceptors (Lipinski definition) is 3. The number of carbonyl (C=O) groups excluding carboxylic acids is 1. The number of rotatable bonds is 5. The molecule has 2 rings (SSSR count). The van der Waals surface area contributed by atoms with Gasteiger partial charge < -0.3 is 4.90 Å². The molecule has 8 heteroatoms. The summed E-state index contributed by atoms with van der Waals surface area (Å²) in [5, 5.41) is 0. The van der Waals surface area contributed by atoms with Crippen LogP contribution in [-0.4, -0.2) is 39.3 Å². The molecule has 0 aliphatic carbocycles. The lowest BCUT2D eigenvalue weighted by Gasteiger charge is -2.22. The summed E-state index contributed by atoms with van der Waals surface area (Å²) in [5.74, 6) is -0.727. The first-order valence-electron chi connectivity index (χ1n) is 7.48. The first kappa shape index (κ1) is 19.8. The van der Waals surface area contributed by atoms with Crippen LogP contribution in [0, 0.1) is 9.39 Å². The number of anilines is 1. The van der Waals surface area contributed by atoms with Gasteiger partial charge in [0, 0.05) is 29.9 Å². The van der Waals surface area contributed by atoms with Crippen LogP contribution >= 0.6 is 22.6 Å². The number of carbonyl (C=O) groups is 1. The highest BCUT2D eigenvalue weighted by Crippen LogP contribution is 2.24. The van der Waals surface area contributed by atoms with E-state index in [1.165, 1.54) is 55.4 Å². The van der Waals surface area contributed by atoms with Crippen LogP contribution in [0.15, 0.2) is 47.4 Å². The predicted molar refractivity (Wildman–Crippen MR) is 104 cm³/mol. The Labute approximate surface area is 160 Å². The van der Waals surface area contributed by atoms with Crippen molar-refractivity contribution in [1.29, 1.82) is 0 Å². The largest absolute Gasteiger partial charge is 0.309 e. The highest BCUT2D eigenvalue weighted by Gasteiger charge is 2.23. The number of benzene rings is 2. The fourth-order valence-electron chi connectivity index (χ4n) is 2.25. The number of sulfonamides is 1. The van der Waals surface area contributed by atoms with E-state index in [0.717, 1.165) is 4.31 Å². The van der Waals surface area contributed by atoms with Crippen molar-refractivity contribution >= 4 is 44.2 Å². The minimum Gasteiger partial charge on any atom is -0.309 e. The van der Waals surface area contributed by atoms with Crippen LogP contribution in [0.2, 0.25) is 0 Å². The van der Waals surface area contributed by atoms with Crippen molar-refractivity contribution in [2.75, 3.05) is 25.5 Å². The van der Waals surface area contributed by atoms with Gasteiger partial charge in [-0.3, -0.25) is 4.79 Å². The van der Waals surface area contributed by atoms with Gasteiger partial charge in [0.05, 0.1) is 10.5 Å². The normalized spacial score (nSPS) is 11.6. The van der Waals surface area contributed by atoms with E-state index in [-0.39, 0.29) is 22.2 Å². The SMILES string of the molecule is CCN(C(=O)c1cc(S(=O)(=O)N(C)C)ccc1I)c1ccc(F)cc1. The van der Waals surface area contributed by atoms with Crippen molar-refractivity contribution in [1.82, 2.24) is 4.31 Å². The Hall–Kier alpha value is -1.52. The third-order valence-electron chi connectivity index (χ3n) is 3.65. The molecule has 0 fully saturated rings. The first-order chi connectivity index (χ1) is 11.7. The quantitative estimate of drug-likeness (QED) is 0.623. The lowest BCUT2D eigenvalue weighted by Crippen LogP contribution is -2.31. The molecule has 0 atom stereocenters. The topological polar surface area (TPSA) is 57.7 Å². The zero-order valence-corrected chi connectivity index (χ0v) is 17.0.